The minimum Gasteiger partial charge on any atom is -0.473 e. The van der Waals surface area contributed by atoms with E-state index in [-0.39, 0.29) is 18.3 Å². The predicted molar refractivity (Wildman–Crippen MR) is 131 cm³/mol. The number of aliphatic imine (C=N–C) groups is 2. The summed E-state index contributed by atoms with van der Waals surface area (Å²) < 4.78 is 9.88. The monoisotopic (exact) mass is 459 g/mol. The SMILES string of the molecule is CNc1cc2c(cn1)c(-c1cnn(C(C)(C)C#N)c1)nn2C1CCC(OC2=NC(C)N=C2)CC1. The molecule has 34 heavy (non-hydrogen) atoms. The van der Waals surface area contributed by atoms with Gasteiger partial charge in [-0.15, -0.1) is 0 Å². The number of anilines is 1. The molecule has 0 amide bonds. The molecule has 1 saturated carbocycles. The van der Waals surface area contributed by atoms with E-state index in [9.17, 15) is 5.26 Å². The maximum absolute atomic E-state index is 9.48. The zero-order valence-electron chi connectivity index (χ0n) is 19.9. The van der Waals surface area contributed by atoms with Crippen LogP contribution in [0.1, 0.15) is 52.5 Å². The summed E-state index contributed by atoms with van der Waals surface area (Å²) in [6.07, 6.45) is 11.1. The first-order valence-electron chi connectivity index (χ1n) is 11.7. The van der Waals surface area contributed by atoms with E-state index in [1.165, 1.54) is 0 Å². The molecule has 0 radical (unpaired) electrons. The molecule has 3 aromatic rings. The van der Waals surface area contributed by atoms with E-state index in [1.807, 2.05) is 46.3 Å². The number of rotatable bonds is 5. The minimum absolute atomic E-state index is 0.0433. The highest BCUT2D eigenvalue weighted by atomic mass is 16.5. The molecular weight excluding hydrogens is 430 g/mol. The molecule has 1 N–H and O–H groups in total. The summed E-state index contributed by atoms with van der Waals surface area (Å²) in [7, 11) is 1.86. The van der Waals surface area contributed by atoms with Crippen molar-refractivity contribution in [2.75, 3.05) is 12.4 Å². The Morgan fingerprint density at radius 1 is 1.21 bits per heavy atom. The number of aromatic nitrogens is 5. The van der Waals surface area contributed by atoms with Crippen molar-refractivity contribution in [1.29, 1.82) is 5.26 Å². The van der Waals surface area contributed by atoms with Crippen molar-refractivity contribution in [3.63, 3.8) is 0 Å². The summed E-state index contributed by atoms with van der Waals surface area (Å²) in [4.78, 5) is 13.2. The lowest BCUT2D eigenvalue weighted by Crippen LogP contribution is -2.26. The average Bonchev–Trinajstić information content (AvgIpc) is 3.58. The van der Waals surface area contributed by atoms with Crippen molar-refractivity contribution in [2.24, 2.45) is 9.98 Å². The summed E-state index contributed by atoms with van der Waals surface area (Å²) in [5, 5.41) is 23.1. The molecule has 4 heterocycles. The van der Waals surface area contributed by atoms with E-state index in [1.54, 1.807) is 17.1 Å². The molecule has 10 nitrogen and oxygen atoms in total. The highest BCUT2D eigenvalue weighted by Crippen LogP contribution is 2.36. The van der Waals surface area contributed by atoms with Crippen molar-refractivity contribution >= 4 is 28.8 Å². The lowest BCUT2D eigenvalue weighted by atomic mass is 9.93. The molecule has 1 atom stereocenters. The van der Waals surface area contributed by atoms with Crippen molar-refractivity contribution < 1.29 is 4.74 Å². The first kappa shape index (κ1) is 22.1. The summed E-state index contributed by atoms with van der Waals surface area (Å²) >= 11 is 0. The van der Waals surface area contributed by atoms with Gasteiger partial charge in [0.05, 0.1) is 30.0 Å². The first-order chi connectivity index (χ1) is 16.4. The number of ether oxygens (including phenoxy) is 1. The third-order valence-corrected chi connectivity index (χ3v) is 6.54. The van der Waals surface area contributed by atoms with E-state index in [4.69, 9.17) is 9.84 Å². The zero-order chi connectivity index (χ0) is 23.9. The van der Waals surface area contributed by atoms with Gasteiger partial charge in [-0.25, -0.2) is 9.98 Å². The second-order valence-electron chi connectivity index (χ2n) is 9.40. The molecule has 10 heteroatoms. The van der Waals surface area contributed by atoms with Crippen LogP contribution in [0.2, 0.25) is 0 Å². The minimum atomic E-state index is -0.737. The third-order valence-electron chi connectivity index (χ3n) is 6.54. The van der Waals surface area contributed by atoms with Gasteiger partial charge in [0.15, 0.2) is 0 Å². The number of hydrogen-bond donors (Lipinski definition) is 1. The molecule has 1 fully saturated rings. The standard InChI is InChI=1S/C24H29N9O/c1-15-27-12-22(30-15)34-18-7-5-17(6-8-18)33-20-9-21(26-4)28-11-19(20)23(31-33)16-10-29-32(13-16)24(2,3)14-25/h9-13,15,17-18H,5-8H2,1-4H3,(H,26,28). The molecule has 1 aliphatic carbocycles. The summed E-state index contributed by atoms with van der Waals surface area (Å²) in [5.41, 5.74) is 2.00. The normalized spacial score (nSPS) is 22.6. The lowest BCUT2D eigenvalue weighted by Gasteiger charge is -2.29. The topological polar surface area (TPSA) is 118 Å². The second-order valence-corrected chi connectivity index (χ2v) is 9.40. The highest BCUT2D eigenvalue weighted by Gasteiger charge is 2.28. The Morgan fingerprint density at radius 3 is 2.68 bits per heavy atom. The zero-order valence-corrected chi connectivity index (χ0v) is 19.9. The molecule has 0 aromatic carbocycles. The van der Waals surface area contributed by atoms with E-state index >= 15 is 0 Å². The number of nitrogens with zero attached hydrogens (tertiary/aromatic N) is 8. The van der Waals surface area contributed by atoms with E-state index in [2.05, 4.69) is 36.1 Å². The smallest absolute Gasteiger partial charge is 0.229 e. The van der Waals surface area contributed by atoms with Gasteiger partial charge in [-0.2, -0.15) is 15.5 Å². The van der Waals surface area contributed by atoms with Crippen molar-refractivity contribution in [3.8, 4) is 17.3 Å². The number of pyridine rings is 1. The Labute approximate surface area is 198 Å². The van der Waals surface area contributed by atoms with Crippen LogP contribution in [0.15, 0.2) is 34.6 Å². The van der Waals surface area contributed by atoms with Gasteiger partial charge < -0.3 is 10.1 Å². The first-order valence-corrected chi connectivity index (χ1v) is 11.7. The Bertz CT molecular complexity index is 1300. The van der Waals surface area contributed by atoms with Crippen molar-refractivity contribution in [1.82, 2.24) is 24.5 Å². The van der Waals surface area contributed by atoms with Crippen LogP contribution in [0.25, 0.3) is 22.2 Å². The number of nitriles is 1. The molecule has 3 aromatic heterocycles. The van der Waals surface area contributed by atoms with E-state index in [0.29, 0.717) is 5.90 Å². The Morgan fingerprint density at radius 2 is 2.00 bits per heavy atom. The van der Waals surface area contributed by atoms with Crippen LogP contribution < -0.4 is 5.32 Å². The average molecular weight is 460 g/mol. The Kier molecular flexibility index (Phi) is 5.55. The van der Waals surface area contributed by atoms with Gasteiger partial charge in [0.25, 0.3) is 0 Å². The second kappa shape index (κ2) is 8.56. The molecular formula is C24H29N9O. The number of hydrogen-bond acceptors (Lipinski definition) is 8. The van der Waals surface area contributed by atoms with E-state index in [0.717, 1.165) is 53.7 Å². The maximum atomic E-state index is 9.48. The maximum Gasteiger partial charge on any atom is 0.229 e. The molecule has 176 valence electrons. The largest absolute Gasteiger partial charge is 0.473 e. The van der Waals surface area contributed by atoms with Gasteiger partial charge in [-0.05, 0) is 46.5 Å². The lowest BCUT2D eigenvalue weighted by molar-refractivity contribution is 0.123. The molecule has 0 bridgehead atoms. The van der Waals surface area contributed by atoms with Gasteiger partial charge in [0.2, 0.25) is 5.90 Å². The predicted octanol–water partition coefficient (Wildman–Crippen LogP) is 3.92. The third kappa shape index (κ3) is 4.02. The highest BCUT2D eigenvalue weighted by molar-refractivity contribution is 6.27. The molecule has 5 rings (SSSR count). The van der Waals surface area contributed by atoms with Crippen LogP contribution in [-0.4, -0.2) is 56.0 Å². The summed E-state index contributed by atoms with van der Waals surface area (Å²) in [6, 6.07) is 4.59. The fraction of sp³-hybridized carbons (Fsp3) is 0.500. The van der Waals surface area contributed by atoms with Crippen LogP contribution in [0.4, 0.5) is 5.82 Å². The van der Waals surface area contributed by atoms with Crippen LogP contribution >= 0.6 is 0 Å². The van der Waals surface area contributed by atoms with Gasteiger partial charge in [-0.3, -0.25) is 14.4 Å². The Hall–Kier alpha value is -3.74. The van der Waals surface area contributed by atoms with Gasteiger partial charge in [0, 0.05) is 36.5 Å². The van der Waals surface area contributed by atoms with Crippen LogP contribution in [0.5, 0.6) is 0 Å². The summed E-state index contributed by atoms with van der Waals surface area (Å²) in [6.45, 7) is 5.63. The van der Waals surface area contributed by atoms with Gasteiger partial charge in [-0.1, -0.05) is 0 Å². The van der Waals surface area contributed by atoms with Crippen LogP contribution in [0.3, 0.4) is 0 Å². The molecule has 2 aliphatic rings. The number of fused-ring (bicyclic) bond motifs is 1. The Balaban J connectivity index is 1.43. The molecule has 1 unspecified atom stereocenters. The van der Waals surface area contributed by atoms with Crippen molar-refractivity contribution in [3.05, 3.63) is 24.7 Å². The molecule has 1 aliphatic heterocycles. The number of nitrogens with one attached hydrogen (secondary N) is 1. The van der Waals surface area contributed by atoms with Crippen molar-refractivity contribution in [2.45, 2.75) is 70.3 Å². The van der Waals surface area contributed by atoms with E-state index < -0.39 is 5.54 Å². The van der Waals surface area contributed by atoms with Crippen LogP contribution in [-0.2, 0) is 10.3 Å². The molecule has 0 spiro atoms. The van der Waals surface area contributed by atoms with Crippen LogP contribution in [0, 0.1) is 11.3 Å². The van der Waals surface area contributed by atoms with Gasteiger partial charge >= 0.3 is 0 Å². The van der Waals surface area contributed by atoms with Gasteiger partial charge in [0.1, 0.15) is 29.3 Å². The fourth-order valence-electron chi connectivity index (χ4n) is 4.52. The fourth-order valence-corrected chi connectivity index (χ4v) is 4.52. The molecule has 0 saturated heterocycles. The summed E-state index contributed by atoms with van der Waals surface area (Å²) in [5.74, 6) is 1.44. The quantitative estimate of drug-likeness (QED) is 0.618.